The van der Waals surface area contributed by atoms with Gasteiger partial charge in [0, 0.05) is 5.69 Å². The van der Waals surface area contributed by atoms with Crippen LogP contribution in [0.15, 0.2) is 71.8 Å². The first-order valence-electron chi connectivity index (χ1n) is 10.6. The predicted octanol–water partition coefficient (Wildman–Crippen LogP) is 4.07. The van der Waals surface area contributed by atoms with Crippen LogP contribution in [0.25, 0.3) is 0 Å². The standard InChI is InChI=1S/C26H27N3O5/c1-18-4-6-19(7-5-18)17-34-23-13-8-20(14-24(23)33-3)16-27-29-26(31)15-25(30)28-21-9-11-22(32-2)12-10-21/h4-14,16H,15,17H2,1-3H3,(H,28,30)(H,29,31). The quantitative estimate of drug-likeness (QED) is 0.269. The van der Waals surface area contributed by atoms with Crippen LogP contribution in [0.1, 0.15) is 23.1 Å². The number of methoxy groups -OCH3 is 2. The van der Waals surface area contributed by atoms with Crippen LogP contribution in [0, 0.1) is 6.92 Å². The summed E-state index contributed by atoms with van der Waals surface area (Å²) < 4.78 is 16.3. The van der Waals surface area contributed by atoms with Crippen molar-refractivity contribution in [2.75, 3.05) is 19.5 Å². The van der Waals surface area contributed by atoms with Crippen LogP contribution in [0.5, 0.6) is 17.2 Å². The van der Waals surface area contributed by atoms with Crippen LogP contribution in [0.2, 0.25) is 0 Å². The number of rotatable bonds is 10. The lowest BCUT2D eigenvalue weighted by Gasteiger charge is -2.11. The van der Waals surface area contributed by atoms with E-state index in [0.717, 1.165) is 5.56 Å². The average Bonchev–Trinajstić information content (AvgIpc) is 2.84. The summed E-state index contributed by atoms with van der Waals surface area (Å²) in [5, 5.41) is 6.56. The maximum atomic E-state index is 12.0. The van der Waals surface area contributed by atoms with E-state index in [1.54, 1.807) is 56.7 Å². The third-order valence-corrected chi connectivity index (χ3v) is 4.80. The van der Waals surface area contributed by atoms with Crippen molar-refractivity contribution in [2.24, 2.45) is 5.10 Å². The molecule has 176 valence electrons. The average molecular weight is 462 g/mol. The van der Waals surface area contributed by atoms with Gasteiger partial charge in [0.05, 0.1) is 20.4 Å². The van der Waals surface area contributed by atoms with Gasteiger partial charge in [-0.1, -0.05) is 29.8 Å². The molecule has 0 bridgehead atoms. The van der Waals surface area contributed by atoms with Crippen molar-refractivity contribution in [3.05, 3.63) is 83.4 Å². The minimum Gasteiger partial charge on any atom is -0.497 e. The Morgan fingerprint density at radius 2 is 1.62 bits per heavy atom. The molecule has 3 aromatic rings. The Hall–Kier alpha value is -4.33. The Balaban J connectivity index is 1.49. The summed E-state index contributed by atoms with van der Waals surface area (Å²) >= 11 is 0. The van der Waals surface area contributed by atoms with Crippen molar-refractivity contribution in [1.82, 2.24) is 5.43 Å². The highest BCUT2D eigenvalue weighted by molar-refractivity contribution is 6.03. The number of amides is 2. The third-order valence-electron chi connectivity index (χ3n) is 4.80. The molecule has 2 N–H and O–H groups in total. The van der Waals surface area contributed by atoms with Gasteiger partial charge in [-0.05, 0) is 60.5 Å². The Morgan fingerprint density at radius 1 is 0.882 bits per heavy atom. The molecule has 0 aliphatic rings. The second-order valence-electron chi connectivity index (χ2n) is 7.43. The molecule has 0 heterocycles. The molecule has 0 radical (unpaired) electrons. The molecule has 0 atom stereocenters. The molecule has 8 heteroatoms. The lowest BCUT2D eigenvalue weighted by Crippen LogP contribution is -2.24. The smallest absolute Gasteiger partial charge is 0.249 e. The molecule has 0 fully saturated rings. The topological polar surface area (TPSA) is 98.2 Å². The third kappa shape index (κ3) is 7.37. The van der Waals surface area contributed by atoms with E-state index in [1.165, 1.54) is 11.8 Å². The zero-order valence-electron chi connectivity index (χ0n) is 19.3. The van der Waals surface area contributed by atoms with Gasteiger partial charge in [-0.2, -0.15) is 5.10 Å². The molecule has 0 saturated carbocycles. The van der Waals surface area contributed by atoms with Gasteiger partial charge in [-0.3, -0.25) is 9.59 Å². The van der Waals surface area contributed by atoms with Crippen molar-refractivity contribution in [1.29, 1.82) is 0 Å². The summed E-state index contributed by atoms with van der Waals surface area (Å²) in [7, 11) is 3.11. The Labute approximate surface area is 198 Å². The summed E-state index contributed by atoms with van der Waals surface area (Å²) in [6, 6.07) is 20.2. The molecule has 8 nitrogen and oxygen atoms in total. The van der Waals surface area contributed by atoms with E-state index in [-0.39, 0.29) is 6.42 Å². The van der Waals surface area contributed by atoms with Crippen LogP contribution in [-0.4, -0.2) is 32.2 Å². The number of hydrogen-bond donors (Lipinski definition) is 2. The van der Waals surface area contributed by atoms with E-state index in [0.29, 0.717) is 35.1 Å². The summed E-state index contributed by atoms with van der Waals surface area (Å²) in [6.07, 6.45) is 1.10. The van der Waals surface area contributed by atoms with Crippen LogP contribution >= 0.6 is 0 Å². The number of hydrazone groups is 1. The van der Waals surface area contributed by atoms with Gasteiger partial charge in [-0.15, -0.1) is 0 Å². The maximum absolute atomic E-state index is 12.0. The molecule has 0 saturated heterocycles. The van der Waals surface area contributed by atoms with Gasteiger partial charge in [0.15, 0.2) is 11.5 Å². The van der Waals surface area contributed by atoms with E-state index in [1.807, 2.05) is 31.2 Å². The maximum Gasteiger partial charge on any atom is 0.249 e. The second-order valence-corrected chi connectivity index (χ2v) is 7.43. The normalized spacial score (nSPS) is 10.6. The Kier molecular flexibility index (Phi) is 8.62. The summed E-state index contributed by atoms with van der Waals surface area (Å²) in [6.45, 7) is 2.45. The predicted molar refractivity (Wildman–Crippen MR) is 130 cm³/mol. The van der Waals surface area contributed by atoms with Crippen LogP contribution in [-0.2, 0) is 16.2 Å². The zero-order chi connectivity index (χ0) is 24.3. The number of carbonyl (C=O) groups excluding carboxylic acids is 2. The largest absolute Gasteiger partial charge is 0.497 e. The van der Waals surface area contributed by atoms with Crippen LogP contribution in [0.3, 0.4) is 0 Å². The molecule has 0 aliphatic carbocycles. The molecule has 34 heavy (non-hydrogen) atoms. The number of carbonyl (C=O) groups is 2. The molecule has 0 aromatic heterocycles. The molecule has 3 aromatic carbocycles. The van der Waals surface area contributed by atoms with Gasteiger partial charge in [0.2, 0.25) is 11.8 Å². The van der Waals surface area contributed by atoms with E-state index in [2.05, 4.69) is 15.8 Å². The summed E-state index contributed by atoms with van der Waals surface area (Å²) in [4.78, 5) is 24.0. The lowest BCUT2D eigenvalue weighted by molar-refractivity contribution is -0.126. The first-order chi connectivity index (χ1) is 16.5. The molecule has 0 unspecified atom stereocenters. The molecule has 2 amide bonds. The number of ether oxygens (including phenoxy) is 3. The fraction of sp³-hybridized carbons (Fsp3) is 0.192. The van der Waals surface area contributed by atoms with Gasteiger partial charge in [-0.25, -0.2) is 5.43 Å². The van der Waals surface area contributed by atoms with Crippen molar-refractivity contribution in [3.63, 3.8) is 0 Å². The van der Waals surface area contributed by atoms with Gasteiger partial charge >= 0.3 is 0 Å². The molecular formula is C26H27N3O5. The zero-order valence-corrected chi connectivity index (χ0v) is 19.3. The van der Waals surface area contributed by atoms with E-state index >= 15 is 0 Å². The highest BCUT2D eigenvalue weighted by atomic mass is 16.5. The first-order valence-corrected chi connectivity index (χ1v) is 10.6. The lowest BCUT2D eigenvalue weighted by atomic mass is 10.2. The fourth-order valence-electron chi connectivity index (χ4n) is 2.97. The van der Waals surface area contributed by atoms with Gasteiger partial charge in [0.25, 0.3) is 0 Å². The molecule has 0 spiro atoms. The van der Waals surface area contributed by atoms with E-state index < -0.39 is 11.8 Å². The minimum absolute atomic E-state index is 0.363. The minimum atomic E-state index is -0.535. The van der Waals surface area contributed by atoms with Crippen molar-refractivity contribution >= 4 is 23.7 Å². The van der Waals surface area contributed by atoms with Crippen LogP contribution in [0.4, 0.5) is 5.69 Å². The number of aryl methyl sites for hydroxylation is 1. The highest BCUT2D eigenvalue weighted by Crippen LogP contribution is 2.28. The molecular weight excluding hydrogens is 434 g/mol. The van der Waals surface area contributed by atoms with Gasteiger partial charge < -0.3 is 19.5 Å². The first kappa shape index (κ1) is 24.3. The number of nitrogens with zero attached hydrogens (tertiary/aromatic N) is 1. The Morgan fingerprint density at radius 3 is 2.29 bits per heavy atom. The van der Waals surface area contributed by atoms with Crippen molar-refractivity contribution in [3.8, 4) is 17.2 Å². The highest BCUT2D eigenvalue weighted by Gasteiger charge is 2.10. The van der Waals surface area contributed by atoms with Crippen LogP contribution < -0.4 is 25.0 Å². The number of hydrogen-bond acceptors (Lipinski definition) is 6. The fourth-order valence-corrected chi connectivity index (χ4v) is 2.97. The van der Waals surface area contributed by atoms with E-state index in [4.69, 9.17) is 14.2 Å². The number of nitrogens with one attached hydrogen (secondary N) is 2. The SMILES string of the molecule is COc1ccc(NC(=O)CC(=O)NN=Cc2ccc(OCc3ccc(C)cc3)c(OC)c2)cc1. The Bertz CT molecular complexity index is 1140. The van der Waals surface area contributed by atoms with Crippen molar-refractivity contribution in [2.45, 2.75) is 20.0 Å². The molecule has 3 rings (SSSR count). The number of benzene rings is 3. The molecule has 0 aliphatic heterocycles. The summed E-state index contributed by atoms with van der Waals surface area (Å²) in [5.41, 5.74) is 5.85. The number of anilines is 1. The van der Waals surface area contributed by atoms with E-state index in [9.17, 15) is 9.59 Å². The monoisotopic (exact) mass is 461 g/mol. The second kappa shape index (κ2) is 12.1. The van der Waals surface area contributed by atoms with Crippen molar-refractivity contribution < 1.29 is 23.8 Å². The van der Waals surface area contributed by atoms with Gasteiger partial charge in [0.1, 0.15) is 18.8 Å². The summed E-state index contributed by atoms with van der Waals surface area (Å²) in [5.74, 6) is 0.829.